The number of fused-ring (bicyclic) bond motifs is 2. The minimum absolute atomic E-state index is 0.0215. The molecule has 0 saturated heterocycles. The molecule has 230 valence electrons. The minimum atomic E-state index is -1.18. The fourth-order valence-corrected chi connectivity index (χ4v) is 6.82. The van der Waals surface area contributed by atoms with E-state index >= 15 is 0 Å². The molecule has 0 atom stereocenters. The second-order valence-electron chi connectivity index (χ2n) is 11.9. The highest BCUT2D eigenvalue weighted by Crippen LogP contribution is 2.31. The predicted octanol–water partition coefficient (Wildman–Crippen LogP) is 8.56. The standard InChI is InChI=1S/C13H17Cl2N3O3Si.C12H16BrCl2N3OSi/c1-22(2,3)5-4-21-7-18-6-8(12(19)20)9-10(14)16-13(15)17-11(9)18;1-20(2,3)5-4-19-7-18-6-8(13)9-10(14)16-12(15)17-11(9)18/h6H,4-5,7H2,1-3H3,(H,19,20);6H,4-5,7H2,1-3H3. The summed E-state index contributed by atoms with van der Waals surface area (Å²) in [5.74, 6) is -1.10. The highest BCUT2D eigenvalue weighted by molar-refractivity contribution is 9.10. The summed E-state index contributed by atoms with van der Waals surface area (Å²) in [5, 5.41) is 10.8. The smallest absolute Gasteiger partial charge is 0.338 e. The Labute approximate surface area is 274 Å². The van der Waals surface area contributed by atoms with Crippen LogP contribution in [0.25, 0.3) is 22.1 Å². The lowest BCUT2D eigenvalue weighted by atomic mass is 10.2. The molecule has 0 bridgehead atoms. The molecule has 0 unspecified atom stereocenters. The van der Waals surface area contributed by atoms with Crippen LogP contribution in [0.4, 0.5) is 0 Å². The van der Waals surface area contributed by atoms with Crippen molar-refractivity contribution in [2.45, 2.75) is 64.8 Å². The molecule has 0 radical (unpaired) electrons. The van der Waals surface area contributed by atoms with Crippen molar-refractivity contribution in [3.8, 4) is 0 Å². The SMILES string of the molecule is C[Si](C)(C)CCOCn1cc(Br)c2c(Cl)nc(Cl)nc21.C[Si](C)(C)CCOCn1cc(C(=O)O)c2c(Cl)nc(Cl)nc21. The number of aromatic nitrogens is 6. The van der Waals surface area contributed by atoms with Gasteiger partial charge in [0.1, 0.15) is 35.1 Å². The van der Waals surface area contributed by atoms with E-state index in [1.807, 2.05) is 10.8 Å². The van der Waals surface area contributed by atoms with Crippen LogP contribution in [0.1, 0.15) is 10.4 Å². The van der Waals surface area contributed by atoms with Crippen LogP contribution in [-0.2, 0) is 22.9 Å². The van der Waals surface area contributed by atoms with E-state index in [1.165, 1.54) is 6.20 Å². The molecule has 4 heterocycles. The first-order chi connectivity index (χ1) is 19.5. The summed E-state index contributed by atoms with van der Waals surface area (Å²) in [4.78, 5) is 27.4. The third kappa shape index (κ3) is 9.86. The Balaban J connectivity index is 0.000000231. The Morgan fingerprint density at radius 2 is 1.21 bits per heavy atom. The van der Waals surface area contributed by atoms with E-state index in [9.17, 15) is 9.90 Å². The predicted molar refractivity (Wildman–Crippen MR) is 178 cm³/mol. The van der Waals surface area contributed by atoms with Gasteiger partial charge in [-0.25, -0.2) is 14.8 Å². The van der Waals surface area contributed by atoms with E-state index in [2.05, 4.69) is 75.1 Å². The van der Waals surface area contributed by atoms with Crippen molar-refractivity contribution >= 4 is 107 Å². The summed E-state index contributed by atoms with van der Waals surface area (Å²) in [6.07, 6.45) is 3.33. The number of hydrogen-bond acceptors (Lipinski definition) is 7. The van der Waals surface area contributed by atoms with Gasteiger partial charge >= 0.3 is 5.97 Å². The third-order valence-electron chi connectivity index (χ3n) is 5.93. The van der Waals surface area contributed by atoms with Crippen LogP contribution in [-0.4, -0.2) is 69.5 Å². The summed E-state index contributed by atoms with van der Waals surface area (Å²) in [5.41, 5.74) is 1.07. The molecule has 0 saturated carbocycles. The lowest BCUT2D eigenvalue weighted by Crippen LogP contribution is -2.22. The van der Waals surface area contributed by atoms with E-state index in [0.29, 0.717) is 29.8 Å². The second-order valence-corrected chi connectivity index (χ2v) is 25.4. The molecule has 0 aliphatic heterocycles. The van der Waals surface area contributed by atoms with E-state index in [4.69, 9.17) is 55.9 Å². The third-order valence-corrected chi connectivity index (χ3v) is 10.8. The molecule has 0 aliphatic carbocycles. The Bertz CT molecular complexity index is 1570. The maximum atomic E-state index is 11.3. The highest BCUT2D eigenvalue weighted by Gasteiger charge is 2.21. The van der Waals surface area contributed by atoms with Gasteiger partial charge in [-0.05, 0) is 51.2 Å². The molecule has 4 aromatic rings. The lowest BCUT2D eigenvalue weighted by molar-refractivity contribution is 0.0696. The highest BCUT2D eigenvalue weighted by atomic mass is 79.9. The van der Waals surface area contributed by atoms with Gasteiger partial charge in [-0.2, -0.15) is 9.97 Å². The average molecular weight is 759 g/mol. The van der Waals surface area contributed by atoms with E-state index < -0.39 is 22.1 Å². The van der Waals surface area contributed by atoms with Gasteiger partial charge in [-0.1, -0.05) is 62.5 Å². The fourth-order valence-electron chi connectivity index (χ4n) is 3.63. The summed E-state index contributed by atoms with van der Waals surface area (Å²) in [6, 6.07) is 2.15. The maximum Gasteiger partial charge on any atom is 0.338 e. The van der Waals surface area contributed by atoms with Crippen molar-refractivity contribution in [3.05, 3.63) is 43.3 Å². The first-order valence-electron chi connectivity index (χ1n) is 12.9. The van der Waals surface area contributed by atoms with E-state index in [-0.39, 0.29) is 33.4 Å². The van der Waals surface area contributed by atoms with Crippen LogP contribution in [0.3, 0.4) is 0 Å². The summed E-state index contributed by atoms with van der Waals surface area (Å²) in [7, 11) is -2.25. The first kappa shape index (κ1) is 35.2. The number of ether oxygens (including phenoxy) is 2. The van der Waals surface area contributed by atoms with Crippen molar-refractivity contribution in [1.82, 2.24) is 29.1 Å². The summed E-state index contributed by atoms with van der Waals surface area (Å²) in [6.45, 7) is 15.7. The first-order valence-corrected chi connectivity index (χ1v) is 22.7. The van der Waals surface area contributed by atoms with Crippen LogP contribution in [0.2, 0.25) is 72.2 Å². The van der Waals surface area contributed by atoms with Crippen LogP contribution in [0.15, 0.2) is 16.9 Å². The van der Waals surface area contributed by atoms with Crippen LogP contribution < -0.4 is 0 Å². The molecule has 0 aliphatic rings. The van der Waals surface area contributed by atoms with Gasteiger partial charge in [-0.15, -0.1) is 0 Å². The Kier molecular flexibility index (Phi) is 12.3. The normalized spacial score (nSPS) is 12.2. The van der Waals surface area contributed by atoms with Crippen LogP contribution >= 0.6 is 62.3 Å². The molecule has 0 fully saturated rings. The molecule has 1 N–H and O–H groups in total. The zero-order valence-electron chi connectivity index (χ0n) is 24.1. The van der Waals surface area contributed by atoms with Crippen molar-refractivity contribution in [3.63, 3.8) is 0 Å². The summed E-state index contributed by atoms with van der Waals surface area (Å²) >= 11 is 27.2. The van der Waals surface area contributed by atoms with Crippen LogP contribution in [0.5, 0.6) is 0 Å². The van der Waals surface area contributed by atoms with Gasteiger partial charge in [0.2, 0.25) is 10.6 Å². The Morgan fingerprint density at radius 3 is 1.67 bits per heavy atom. The van der Waals surface area contributed by atoms with Crippen molar-refractivity contribution in [1.29, 1.82) is 0 Å². The number of carboxylic acid groups (broad SMARTS) is 1. The van der Waals surface area contributed by atoms with Gasteiger partial charge in [0.15, 0.2) is 0 Å². The monoisotopic (exact) mass is 756 g/mol. The minimum Gasteiger partial charge on any atom is -0.478 e. The molecule has 0 spiro atoms. The quantitative estimate of drug-likeness (QED) is 0.0700. The molecule has 42 heavy (non-hydrogen) atoms. The molecule has 0 aromatic carbocycles. The van der Waals surface area contributed by atoms with Crippen molar-refractivity contribution in [2.24, 2.45) is 0 Å². The number of nitrogens with zero attached hydrogens (tertiary/aromatic N) is 6. The van der Waals surface area contributed by atoms with Crippen molar-refractivity contribution in [2.75, 3.05) is 13.2 Å². The number of carbonyl (C=O) groups is 1. The molecular formula is C25H33BrCl4N6O4Si2. The second kappa shape index (κ2) is 14.7. The fraction of sp³-hybridized carbons (Fsp3) is 0.480. The van der Waals surface area contributed by atoms with Crippen LogP contribution in [0, 0.1) is 0 Å². The van der Waals surface area contributed by atoms with Crippen molar-refractivity contribution < 1.29 is 19.4 Å². The van der Waals surface area contributed by atoms with Gasteiger partial charge in [-0.3, -0.25) is 0 Å². The molecule has 0 amide bonds. The molecule has 17 heteroatoms. The topological polar surface area (TPSA) is 117 Å². The maximum absolute atomic E-state index is 11.3. The number of rotatable bonds is 11. The van der Waals surface area contributed by atoms with Gasteiger partial charge in [0.25, 0.3) is 0 Å². The number of carboxylic acids is 1. The van der Waals surface area contributed by atoms with Gasteiger partial charge < -0.3 is 23.7 Å². The molecule has 10 nitrogen and oxygen atoms in total. The Morgan fingerprint density at radius 1 is 0.786 bits per heavy atom. The molecule has 4 aromatic heterocycles. The van der Waals surface area contributed by atoms with Gasteiger partial charge in [0, 0.05) is 46.2 Å². The van der Waals surface area contributed by atoms with E-state index in [1.54, 1.807) is 4.57 Å². The zero-order valence-corrected chi connectivity index (χ0v) is 30.8. The Hall–Kier alpha value is -1.30. The van der Waals surface area contributed by atoms with E-state index in [0.717, 1.165) is 28.6 Å². The summed E-state index contributed by atoms with van der Waals surface area (Å²) < 4.78 is 15.7. The largest absolute Gasteiger partial charge is 0.478 e. The van der Waals surface area contributed by atoms with Gasteiger partial charge in [0.05, 0.1) is 16.3 Å². The molecule has 4 rings (SSSR count). The number of halogens is 5. The number of aromatic carboxylic acids is 1. The molecular weight excluding hydrogens is 726 g/mol. The lowest BCUT2D eigenvalue weighted by Gasteiger charge is -2.15. The average Bonchev–Trinajstić information content (AvgIpc) is 3.36. The zero-order chi connectivity index (χ0) is 31.4. The number of hydrogen-bond donors (Lipinski definition) is 1.